The molecule has 0 unspecified atom stereocenters. The van der Waals surface area contributed by atoms with E-state index in [1.165, 1.54) is 12.8 Å². The van der Waals surface area contributed by atoms with E-state index in [1.54, 1.807) is 44.9 Å². The summed E-state index contributed by atoms with van der Waals surface area (Å²) in [5.41, 5.74) is 3.11. The van der Waals surface area contributed by atoms with Crippen molar-refractivity contribution in [1.82, 2.24) is 29.3 Å². The Morgan fingerprint density at radius 1 is 1.14 bits per heavy atom. The monoisotopic (exact) mass is 588 g/mol. The van der Waals surface area contributed by atoms with E-state index in [0.29, 0.717) is 35.6 Å². The lowest BCUT2D eigenvalue weighted by Gasteiger charge is -2.39. The zero-order chi connectivity index (χ0) is 30.5. The number of rotatable bonds is 7. The zero-order valence-corrected chi connectivity index (χ0v) is 25.5. The number of hydrogen-bond acceptors (Lipinski definition) is 7. The first-order chi connectivity index (χ1) is 20.6. The Kier molecular flexibility index (Phi) is 7.53. The van der Waals surface area contributed by atoms with Crippen LogP contribution in [0, 0.1) is 5.92 Å². The van der Waals surface area contributed by atoms with E-state index in [1.807, 2.05) is 23.9 Å². The predicted octanol–water partition coefficient (Wildman–Crippen LogP) is 4.50. The molecule has 0 radical (unpaired) electrons. The van der Waals surface area contributed by atoms with E-state index in [9.17, 15) is 14.7 Å². The molecule has 2 N–H and O–H groups in total. The SMILES string of the molecule is COc1cc(C(=O)N2C[C@H](NC(=O)OC(C)(C)C)CC[C@H]2CO)cc2nc(-c3cc4cccnc4n3CC3CC3)n(C)c12. The molecule has 1 aliphatic heterocycles. The molecule has 11 heteroatoms. The molecule has 228 valence electrons. The first kappa shape index (κ1) is 29.0. The molecule has 6 rings (SSSR count). The van der Waals surface area contributed by atoms with Crippen molar-refractivity contribution < 1.29 is 24.2 Å². The van der Waals surface area contributed by atoms with Crippen molar-refractivity contribution in [3.63, 3.8) is 0 Å². The van der Waals surface area contributed by atoms with Crippen molar-refractivity contribution in [2.24, 2.45) is 13.0 Å². The number of aromatic nitrogens is 4. The highest BCUT2D eigenvalue weighted by molar-refractivity contribution is 6.00. The second-order valence-corrected chi connectivity index (χ2v) is 12.8. The minimum Gasteiger partial charge on any atom is -0.494 e. The molecule has 2 atom stereocenters. The van der Waals surface area contributed by atoms with Crippen LogP contribution in [0.25, 0.3) is 33.6 Å². The Labute approximate surface area is 250 Å². The molecular weight excluding hydrogens is 548 g/mol. The van der Waals surface area contributed by atoms with Crippen LogP contribution in [-0.4, -0.2) is 79.1 Å². The third kappa shape index (κ3) is 5.78. The molecule has 2 aliphatic rings. The van der Waals surface area contributed by atoms with Gasteiger partial charge in [-0.25, -0.2) is 14.8 Å². The Hall–Kier alpha value is -4.12. The predicted molar refractivity (Wildman–Crippen MR) is 163 cm³/mol. The standard InChI is InChI=1S/C32H40N6O5/c1-32(2,3)43-31(41)34-22-10-11-23(18-39)37(17-22)30(40)21-13-24-27(26(15-21)42-5)36(4)29(35-24)25-14-20-7-6-12-33-28(20)38(25)16-19-8-9-19/h6-7,12-15,19,22-23,39H,8-11,16-18H2,1-5H3,(H,34,41)/t22-,23+/m1/s1. The highest BCUT2D eigenvalue weighted by Crippen LogP contribution is 2.37. The Morgan fingerprint density at radius 2 is 1.93 bits per heavy atom. The van der Waals surface area contributed by atoms with Crippen LogP contribution >= 0.6 is 0 Å². The number of hydrogen-bond donors (Lipinski definition) is 2. The number of aliphatic hydroxyl groups excluding tert-OH is 1. The number of carbonyl (C=O) groups is 2. The number of benzene rings is 1. The number of aliphatic hydroxyl groups is 1. The molecule has 11 nitrogen and oxygen atoms in total. The molecule has 3 aromatic heterocycles. The third-order valence-corrected chi connectivity index (χ3v) is 8.32. The van der Waals surface area contributed by atoms with Gasteiger partial charge in [-0.3, -0.25) is 4.79 Å². The number of amides is 2. The second kappa shape index (κ2) is 11.2. The van der Waals surface area contributed by atoms with Crippen molar-refractivity contribution in [3.8, 4) is 17.3 Å². The van der Waals surface area contributed by atoms with E-state index >= 15 is 0 Å². The lowest BCUT2D eigenvalue weighted by atomic mass is 9.97. The number of ether oxygens (including phenoxy) is 2. The quantitative estimate of drug-likeness (QED) is 0.326. The van der Waals surface area contributed by atoms with Gasteiger partial charge in [0, 0.05) is 43.3 Å². The van der Waals surface area contributed by atoms with Crippen molar-refractivity contribution >= 4 is 34.1 Å². The minimum absolute atomic E-state index is 0.169. The lowest BCUT2D eigenvalue weighted by molar-refractivity contribution is 0.0336. The van der Waals surface area contributed by atoms with Crippen LogP contribution in [0.4, 0.5) is 4.79 Å². The number of nitrogens with one attached hydrogen (secondary N) is 1. The maximum Gasteiger partial charge on any atom is 0.407 e. The van der Waals surface area contributed by atoms with Crippen LogP contribution < -0.4 is 10.1 Å². The van der Waals surface area contributed by atoms with Crippen LogP contribution in [-0.2, 0) is 18.3 Å². The number of pyridine rings is 1. The van der Waals surface area contributed by atoms with Gasteiger partial charge < -0.3 is 33.9 Å². The summed E-state index contributed by atoms with van der Waals surface area (Å²) in [7, 11) is 3.54. The molecule has 1 saturated heterocycles. The van der Waals surface area contributed by atoms with Gasteiger partial charge in [0.15, 0.2) is 5.82 Å². The highest BCUT2D eigenvalue weighted by atomic mass is 16.6. The molecule has 4 heterocycles. The van der Waals surface area contributed by atoms with Gasteiger partial charge in [-0.15, -0.1) is 0 Å². The fourth-order valence-electron chi connectivity index (χ4n) is 6.06. The van der Waals surface area contributed by atoms with E-state index in [-0.39, 0.29) is 31.1 Å². The number of methoxy groups -OCH3 is 1. The van der Waals surface area contributed by atoms with Crippen LogP contribution in [0.3, 0.4) is 0 Å². The topological polar surface area (TPSA) is 124 Å². The number of carbonyl (C=O) groups excluding carboxylic acids is 2. The Bertz CT molecular complexity index is 1680. The number of aryl methyl sites for hydroxylation is 1. The molecule has 1 aromatic carbocycles. The van der Waals surface area contributed by atoms with Gasteiger partial charge in [-0.1, -0.05) is 0 Å². The largest absolute Gasteiger partial charge is 0.494 e. The number of alkyl carbamates (subject to hydrolysis) is 1. The van der Waals surface area contributed by atoms with Gasteiger partial charge in [0.05, 0.1) is 31.0 Å². The molecule has 1 saturated carbocycles. The summed E-state index contributed by atoms with van der Waals surface area (Å²) in [6, 6.07) is 8.99. The molecule has 2 fully saturated rings. The van der Waals surface area contributed by atoms with Gasteiger partial charge in [0.2, 0.25) is 0 Å². The number of piperidine rings is 1. The molecule has 2 amide bonds. The summed E-state index contributed by atoms with van der Waals surface area (Å²) in [5, 5.41) is 14.1. The average molecular weight is 589 g/mol. The number of fused-ring (bicyclic) bond motifs is 2. The van der Waals surface area contributed by atoms with Crippen molar-refractivity contribution in [2.45, 2.75) is 70.7 Å². The molecule has 1 aliphatic carbocycles. The van der Waals surface area contributed by atoms with E-state index < -0.39 is 11.7 Å². The lowest BCUT2D eigenvalue weighted by Crippen LogP contribution is -2.55. The summed E-state index contributed by atoms with van der Waals surface area (Å²) in [6.07, 6.45) is 4.91. The summed E-state index contributed by atoms with van der Waals surface area (Å²) in [6.45, 7) is 6.39. The summed E-state index contributed by atoms with van der Waals surface area (Å²) >= 11 is 0. The maximum absolute atomic E-state index is 14.0. The molecular formula is C32H40N6O5. The first-order valence-electron chi connectivity index (χ1n) is 15.0. The number of imidazole rings is 1. The Balaban J connectivity index is 1.34. The fourth-order valence-corrected chi connectivity index (χ4v) is 6.06. The van der Waals surface area contributed by atoms with Crippen LogP contribution in [0.5, 0.6) is 5.75 Å². The van der Waals surface area contributed by atoms with Gasteiger partial charge in [0.1, 0.15) is 22.5 Å². The van der Waals surface area contributed by atoms with Gasteiger partial charge >= 0.3 is 6.09 Å². The molecule has 4 aromatic rings. The van der Waals surface area contributed by atoms with Gasteiger partial charge in [-0.05, 0) is 82.7 Å². The fraction of sp³-hybridized carbons (Fsp3) is 0.500. The normalized spacial score (nSPS) is 19.2. The third-order valence-electron chi connectivity index (χ3n) is 8.32. The van der Waals surface area contributed by atoms with Crippen molar-refractivity contribution in [1.29, 1.82) is 0 Å². The van der Waals surface area contributed by atoms with Crippen LogP contribution in [0.15, 0.2) is 36.5 Å². The van der Waals surface area contributed by atoms with Crippen LogP contribution in [0.2, 0.25) is 0 Å². The molecule has 0 spiro atoms. The number of likely N-dealkylation sites (tertiary alicyclic amines) is 1. The zero-order valence-electron chi connectivity index (χ0n) is 25.5. The molecule has 0 bridgehead atoms. The smallest absolute Gasteiger partial charge is 0.407 e. The summed E-state index contributed by atoms with van der Waals surface area (Å²) < 4.78 is 15.5. The minimum atomic E-state index is -0.627. The Morgan fingerprint density at radius 3 is 2.63 bits per heavy atom. The van der Waals surface area contributed by atoms with E-state index in [0.717, 1.165) is 34.6 Å². The molecule has 43 heavy (non-hydrogen) atoms. The van der Waals surface area contributed by atoms with Crippen LogP contribution in [0.1, 0.15) is 56.8 Å². The van der Waals surface area contributed by atoms with Gasteiger partial charge in [-0.2, -0.15) is 0 Å². The van der Waals surface area contributed by atoms with E-state index in [4.69, 9.17) is 14.5 Å². The summed E-state index contributed by atoms with van der Waals surface area (Å²) in [4.78, 5) is 37.7. The number of nitrogens with zero attached hydrogens (tertiary/aromatic N) is 5. The van der Waals surface area contributed by atoms with Gasteiger partial charge in [0.25, 0.3) is 5.91 Å². The van der Waals surface area contributed by atoms with E-state index in [2.05, 4.69) is 27.0 Å². The summed E-state index contributed by atoms with van der Waals surface area (Å²) in [5.74, 6) is 1.69. The highest BCUT2D eigenvalue weighted by Gasteiger charge is 2.34. The maximum atomic E-state index is 14.0. The second-order valence-electron chi connectivity index (χ2n) is 12.8. The van der Waals surface area contributed by atoms with Crippen molar-refractivity contribution in [3.05, 3.63) is 42.1 Å². The van der Waals surface area contributed by atoms with Crippen molar-refractivity contribution in [2.75, 3.05) is 20.3 Å². The average Bonchev–Trinajstić information content (AvgIpc) is 3.64. The first-order valence-corrected chi connectivity index (χ1v) is 15.0.